The molecule has 1 aromatic carbocycles. The molecule has 19 heavy (non-hydrogen) atoms. The number of anilines is 1. The molecule has 0 saturated heterocycles. The minimum Gasteiger partial charge on any atom is -0.399 e. The van der Waals surface area contributed by atoms with Crippen LogP contribution in [0.2, 0.25) is 0 Å². The number of nitrogen functional groups attached to an aromatic ring is 1. The minimum atomic E-state index is -0.00387. The van der Waals surface area contributed by atoms with E-state index < -0.39 is 0 Å². The molecule has 0 aliphatic heterocycles. The lowest BCUT2D eigenvalue weighted by Crippen LogP contribution is -2.24. The van der Waals surface area contributed by atoms with Gasteiger partial charge in [-0.2, -0.15) is 0 Å². The first-order chi connectivity index (χ1) is 9.17. The van der Waals surface area contributed by atoms with Crippen LogP contribution in [0.5, 0.6) is 0 Å². The van der Waals surface area contributed by atoms with Gasteiger partial charge in [0.2, 0.25) is 5.91 Å². The van der Waals surface area contributed by atoms with Crippen molar-refractivity contribution in [2.75, 3.05) is 5.73 Å². The van der Waals surface area contributed by atoms with Gasteiger partial charge >= 0.3 is 0 Å². The Morgan fingerprint density at radius 1 is 1.37 bits per heavy atom. The molecule has 0 radical (unpaired) electrons. The highest BCUT2D eigenvalue weighted by Gasteiger charge is 2.05. The van der Waals surface area contributed by atoms with Crippen LogP contribution >= 0.6 is 11.3 Å². The Morgan fingerprint density at radius 3 is 2.74 bits per heavy atom. The van der Waals surface area contributed by atoms with Gasteiger partial charge in [0, 0.05) is 11.1 Å². The summed E-state index contributed by atoms with van der Waals surface area (Å²) >= 11 is 1.63. The Hall–Kier alpha value is -1.88. The van der Waals surface area contributed by atoms with E-state index in [4.69, 9.17) is 5.73 Å². The maximum Gasteiger partial charge on any atom is 0.224 e. The number of amides is 1. The second kappa shape index (κ2) is 6.33. The summed E-state index contributed by atoms with van der Waals surface area (Å²) in [6.45, 7) is 2.56. The molecule has 3 N–H and O–H groups in total. The van der Waals surface area contributed by atoms with Crippen molar-refractivity contribution in [1.82, 2.24) is 10.3 Å². The average Bonchev–Trinajstić information content (AvgIpc) is 2.87. The van der Waals surface area contributed by atoms with E-state index in [1.807, 2.05) is 17.5 Å². The summed E-state index contributed by atoms with van der Waals surface area (Å²) in [5.74, 6) is -0.00387. The van der Waals surface area contributed by atoms with Crippen molar-refractivity contribution < 1.29 is 4.79 Å². The number of carbonyl (C=O) groups excluding carboxylic acids is 1. The molecular formula is C14H17N3OS. The number of hydrogen-bond acceptors (Lipinski definition) is 4. The molecule has 0 saturated carbocycles. The minimum absolute atomic E-state index is 0.00387. The Balaban J connectivity index is 1.82. The van der Waals surface area contributed by atoms with E-state index in [1.54, 1.807) is 23.5 Å². The molecule has 0 fully saturated rings. The van der Waals surface area contributed by atoms with E-state index in [-0.39, 0.29) is 5.91 Å². The van der Waals surface area contributed by atoms with Gasteiger partial charge in [0.1, 0.15) is 0 Å². The Bertz CT molecular complexity index is 548. The van der Waals surface area contributed by atoms with Crippen LogP contribution in [-0.4, -0.2) is 10.9 Å². The summed E-state index contributed by atoms with van der Waals surface area (Å²) in [7, 11) is 0. The molecule has 0 atom stereocenters. The number of benzene rings is 1. The van der Waals surface area contributed by atoms with Crippen molar-refractivity contribution in [2.45, 2.75) is 26.3 Å². The van der Waals surface area contributed by atoms with Gasteiger partial charge in [-0.25, -0.2) is 4.98 Å². The van der Waals surface area contributed by atoms with Crippen molar-refractivity contribution in [1.29, 1.82) is 0 Å². The van der Waals surface area contributed by atoms with Gasteiger partial charge in [0.25, 0.3) is 0 Å². The van der Waals surface area contributed by atoms with Gasteiger partial charge in [0.15, 0.2) is 0 Å². The molecule has 2 aromatic rings. The summed E-state index contributed by atoms with van der Waals surface area (Å²) in [6, 6.07) is 7.34. The molecule has 0 aliphatic carbocycles. The molecule has 5 heteroatoms. The van der Waals surface area contributed by atoms with Crippen molar-refractivity contribution in [2.24, 2.45) is 0 Å². The van der Waals surface area contributed by atoms with Gasteiger partial charge in [-0.05, 0) is 24.1 Å². The van der Waals surface area contributed by atoms with Crippen LogP contribution in [0, 0.1) is 0 Å². The highest BCUT2D eigenvalue weighted by molar-refractivity contribution is 7.09. The second-order valence-corrected chi connectivity index (χ2v) is 5.22. The summed E-state index contributed by atoms with van der Waals surface area (Å²) in [5, 5.41) is 5.96. The summed E-state index contributed by atoms with van der Waals surface area (Å²) in [4.78, 5) is 16.2. The maximum atomic E-state index is 11.8. The first kappa shape index (κ1) is 13.5. The Morgan fingerprint density at radius 2 is 2.11 bits per heavy atom. The number of hydrogen-bond donors (Lipinski definition) is 2. The first-order valence-electron chi connectivity index (χ1n) is 6.21. The van der Waals surface area contributed by atoms with Gasteiger partial charge in [0.05, 0.1) is 23.7 Å². The lowest BCUT2D eigenvalue weighted by molar-refractivity contribution is -0.120. The number of nitrogens with two attached hydrogens (primary N) is 1. The number of nitrogens with zero attached hydrogens (tertiary/aromatic N) is 1. The fourth-order valence-electron chi connectivity index (χ4n) is 1.67. The van der Waals surface area contributed by atoms with E-state index >= 15 is 0 Å². The molecule has 0 bridgehead atoms. The highest BCUT2D eigenvalue weighted by Crippen LogP contribution is 2.10. The zero-order valence-electron chi connectivity index (χ0n) is 10.8. The van der Waals surface area contributed by atoms with E-state index in [9.17, 15) is 4.79 Å². The summed E-state index contributed by atoms with van der Waals surface area (Å²) in [5.41, 5.74) is 8.19. The van der Waals surface area contributed by atoms with Crippen LogP contribution in [-0.2, 0) is 24.2 Å². The molecule has 0 spiro atoms. The number of thiazole rings is 1. The standard InChI is InChI=1S/C14H17N3OS/c1-2-14-17-12(9-19-14)8-16-13(18)7-10-3-5-11(15)6-4-10/h3-6,9H,2,7-8,15H2,1H3,(H,16,18). The molecule has 1 aromatic heterocycles. The van der Waals surface area contributed by atoms with Crippen LogP contribution in [0.15, 0.2) is 29.6 Å². The zero-order chi connectivity index (χ0) is 13.7. The molecule has 100 valence electrons. The Kier molecular flexibility index (Phi) is 4.52. The third kappa shape index (κ3) is 4.06. The van der Waals surface area contributed by atoms with E-state index in [1.165, 1.54) is 0 Å². The van der Waals surface area contributed by atoms with Crippen LogP contribution in [0.4, 0.5) is 5.69 Å². The van der Waals surface area contributed by atoms with E-state index in [2.05, 4.69) is 17.2 Å². The SMILES string of the molecule is CCc1nc(CNC(=O)Cc2ccc(N)cc2)cs1. The van der Waals surface area contributed by atoms with Crippen LogP contribution < -0.4 is 11.1 Å². The second-order valence-electron chi connectivity index (χ2n) is 4.28. The lowest BCUT2D eigenvalue weighted by Gasteiger charge is -2.04. The molecule has 0 unspecified atom stereocenters. The monoisotopic (exact) mass is 275 g/mol. The predicted octanol–water partition coefficient (Wildman–Crippen LogP) is 2.15. The average molecular weight is 275 g/mol. The number of aryl methyl sites for hydroxylation is 1. The smallest absolute Gasteiger partial charge is 0.224 e. The fraction of sp³-hybridized carbons (Fsp3) is 0.286. The van der Waals surface area contributed by atoms with Gasteiger partial charge < -0.3 is 11.1 Å². The van der Waals surface area contributed by atoms with Crippen molar-refractivity contribution in [3.8, 4) is 0 Å². The van der Waals surface area contributed by atoms with Gasteiger partial charge in [-0.3, -0.25) is 4.79 Å². The summed E-state index contributed by atoms with van der Waals surface area (Å²) < 4.78 is 0. The van der Waals surface area contributed by atoms with Gasteiger partial charge in [-0.1, -0.05) is 19.1 Å². The molecule has 0 aliphatic rings. The van der Waals surface area contributed by atoms with Crippen LogP contribution in [0.25, 0.3) is 0 Å². The topological polar surface area (TPSA) is 68.0 Å². The zero-order valence-corrected chi connectivity index (χ0v) is 11.7. The number of aromatic nitrogens is 1. The molecular weight excluding hydrogens is 258 g/mol. The van der Waals surface area contributed by atoms with E-state index in [0.29, 0.717) is 18.7 Å². The Labute approximate surface area is 116 Å². The van der Waals surface area contributed by atoms with E-state index in [0.717, 1.165) is 22.7 Å². The van der Waals surface area contributed by atoms with Crippen LogP contribution in [0.1, 0.15) is 23.2 Å². The molecule has 1 amide bonds. The number of carbonyl (C=O) groups is 1. The van der Waals surface area contributed by atoms with Crippen LogP contribution in [0.3, 0.4) is 0 Å². The normalized spacial score (nSPS) is 10.4. The van der Waals surface area contributed by atoms with Gasteiger partial charge in [-0.15, -0.1) is 11.3 Å². The molecule has 2 rings (SSSR count). The quantitative estimate of drug-likeness (QED) is 0.822. The molecule has 4 nitrogen and oxygen atoms in total. The third-order valence-electron chi connectivity index (χ3n) is 2.71. The third-order valence-corrected chi connectivity index (χ3v) is 3.75. The molecule has 1 heterocycles. The lowest BCUT2D eigenvalue weighted by atomic mass is 10.1. The van der Waals surface area contributed by atoms with Crippen molar-refractivity contribution in [3.63, 3.8) is 0 Å². The largest absolute Gasteiger partial charge is 0.399 e. The highest BCUT2D eigenvalue weighted by atomic mass is 32.1. The maximum absolute atomic E-state index is 11.8. The van der Waals surface area contributed by atoms with Crippen molar-refractivity contribution in [3.05, 3.63) is 45.9 Å². The fourth-order valence-corrected chi connectivity index (χ4v) is 2.41. The summed E-state index contributed by atoms with van der Waals surface area (Å²) in [6.07, 6.45) is 1.30. The number of nitrogens with one attached hydrogen (secondary N) is 1. The first-order valence-corrected chi connectivity index (χ1v) is 7.09. The number of rotatable bonds is 5. The predicted molar refractivity (Wildman–Crippen MR) is 77.9 cm³/mol. The van der Waals surface area contributed by atoms with Crippen molar-refractivity contribution >= 4 is 22.9 Å².